The molecule has 1 saturated heterocycles. The second-order valence-corrected chi connectivity index (χ2v) is 8.91. The molecule has 10 nitrogen and oxygen atoms in total. The molecular formula is C28H26N8O2. The molecule has 2 aromatic carbocycles. The van der Waals surface area contributed by atoms with E-state index in [0.29, 0.717) is 17.5 Å². The quantitative estimate of drug-likeness (QED) is 0.341. The van der Waals surface area contributed by atoms with Crippen LogP contribution in [-0.4, -0.2) is 56.9 Å². The first-order valence-electron chi connectivity index (χ1n) is 12.4. The number of carbonyl (C=O) groups is 1. The molecular weight excluding hydrogens is 480 g/mol. The summed E-state index contributed by atoms with van der Waals surface area (Å²) < 4.78 is 7.38. The third kappa shape index (κ3) is 5.16. The highest BCUT2D eigenvalue weighted by atomic mass is 16.5. The summed E-state index contributed by atoms with van der Waals surface area (Å²) in [5, 5.41) is 15.8. The number of morpholine rings is 1. The van der Waals surface area contributed by atoms with Crippen molar-refractivity contribution in [2.45, 2.75) is 6.42 Å². The Morgan fingerprint density at radius 2 is 1.76 bits per heavy atom. The number of ether oxygens (including phenoxy) is 1. The van der Waals surface area contributed by atoms with Gasteiger partial charge in [0.1, 0.15) is 12.1 Å². The van der Waals surface area contributed by atoms with E-state index in [4.69, 9.17) is 4.74 Å². The van der Waals surface area contributed by atoms with Crippen LogP contribution in [-0.2, 0) is 16.0 Å². The predicted octanol–water partition coefficient (Wildman–Crippen LogP) is 3.97. The van der Waals surface area contributed by atoms with Crippen molar-refractivity contribution in [2.75, 3.05) is 41.8 Å². The molecule has 1 aliphatic heterocycles. The van der Waals surface area contributed by atoms with Crippen LogP contribution in [0.5, 0.6) is 0 Å². The van der Waals surface area contributed by atoms with Crippen molar-refractivity contribution in [3.05, 3.63) is 91.0 Å². The van der Waals surface area contributed by atoms with Crippen LogP contribution < -0.4 is 15.5 Å². The monoisotopic (exact) mass is 506 g/mol. The fourth-order valence-electron chi connectivity index (χ4n) is 4.55. The summed E-state index contributed by atoms with van der Waals surface area (Å²) in [6, 6.07) is 21.4. The minimum absolute atomic E-state index is 0.0810. The highest BCUT2D eigenvalue weighted by molar-refractivity contribution is 5.96. The molecule has 0 radical (unpaired) electrons. The molecule has 1 aliphatic rings. The summed E-state index contributed by atoms with van der Waals surface area (Å²) in [4.78, 5) is 23.3. The van der Waals surface area contributed by atoms with Gasteiger partial charge in [-0.25, -0.2) is 9.97 Å². The average Bonchev–Trinajstić information content (AvgIpc) is 3.33. The number of benzene rings is 2. The van der Waals surface area contributed by atoms with Gasteiger partial charge in [0.25, 0.3) is 0 Å². The number of hydrogen-bond acceptors (Lipinski definition) is 8. The lowest BCUT2D eigenvalue weighted by atomic mass is 10.1. The molecule has 0 aliphatic carbocycles. The van der Waals surface area contributed by atoms with E-state index in [-0.39, 0.29) is 12.3 Å². The first-order valence-corrected chi connectivity index (χ1v) is 12.4. The van der Waals surface area contributed by atoms with E-state index in [1.165, 1.54) is 6.33 Å². The molecule has 0 saturated carbocycles. The third-order valence-electron chi connectivity index (χ3n) is 6.41. The maximum absolute atomic E-state index is 13.0. The van der Waals surface area contributed by atoms with Crippen LogP contribution in [0, 0.1) is 0 Å². The van der Waals surface area contributed by atoms with Gasteiger partial charge in [-0.1, -0.05) is 18.2 Å². The largest absolute Gasteiger partial charge is 0.378 e. The minimum Gasteiger partial charge on any atom is -0.378 e. The zero-order valence-electron chi connectivity index (χ0n) is 20.6. The van der Waals surface area contributed by atoms with Crippen molar-refractivity contribution >= 4 is 39.8 Å². The lowest BCUT2D eigenvalue weighted by Crippen LogP contribution is -2.36. The first-order chi connectivity index (χ1) is 18.7. The zero-order valence-corrected chi connectivity index (χ0v) is 20.6. The van der Waals surface area contributed by atoms with Crippen LogP contribution in [0.4, 0.5) is 23.0 Å². The zero-order chi connectivity index (χ0) is 25.7. The molecule has 190 valence electrons. The highest BCUT2D eigenvalue weighted by Crippen LogP contribution is 2.26. The number of amides is 1. The van der Waals surface area contributed by atoms with Gasteiger partial charge >= 0.3 is 0 Å². The Morgan fingerprint density at radius 3 is 2.53 bits per heavy atom. The Morgan fingerprint density at radius 1 is 0.921 bits per heavy atom. The fourth-order valence-corrected chi connectivity index (χ4v) is 4.55. The van der Waals surface area contributed by atoms with Crippen LogP contribution in [0.25, 0.3) is 16.7 Å². The van der Waals surface area contributed by atoms with Crippen molar-refractivity contribution in [3.8, 4) is 5.82 Å². The molecule has 2 N–H and O–H groups in total. The van der Waals surface area contributed by atoms with Crippen molar-refractivity contribution in [2.24, 2.45) is 0 Å². The lowest BCUT2D eigenvalue weighted by Gasteiger charge is -2.28. The van der Waals surface area contributed by atoms with Gasteiger partial charge in [0, 0.05) is 42.2 Å². The third-order valence-corrected chi connectivity index (χ3v) is 6.41. The number of nitrogens with one attached hydrogen (secondary N) is 2. The predicted molar refractivity (Wildman–Crippen MR) is 146 cm³/mol. The summed E-state index contributed by atoms with van der Waals surface area (Å²) >= 11 is 0. The Labute approximate surface area is 219 Å². The van der Waals surface area contributed by atoms with Crippen LogP contribution in [0.3, 0.4) is 0 Å². The standard InChI is InChI=1S/C28H26N8O2/c37-28(31-21-5-7-22(8-6-21)35-13-15-38-16-14-35)17-20-18-36(24-4-2-1-3-23(20)24)27-10-9-26(33-34-27)32-25-11-12-29-19-30-25/h1-12,18-19H,13-17H2,(H,31,37)(H,29,30,32,33). The van der Waals surface area contributed by atoms with E-state index in [1.807, 2.05) is 71.4 Å². The van der Waals surface area contributed by atoms with Crippen molar-refractivity contribution in [1.29, 1.82) is 0 Å². The molecule has 0 spiro atoms. The molecule has 10 heteroatoms. The van der Waals surface area contributed by atoms with Crippen molar-refractivity contribution in [1.82, 2.24) is 24.7 Å². The first kappa shape index (κ1) is 23.6. The van der Waals surface area contributed by atoms with Gasteiger partial charge in [-0.15, -0.1) is 10.2 Å². The number of hydrogen-bond donors (Lipinski definition) is 2. The normalized spacial score (nSPS) is 13.4. The van der Waals surface area contributed by atoms with Crippen molar-refractivity contribution in [3.63, 3.8) is 0 Å². The summed E-state index contributed by atoms with van der Waals surface area (Å²) in [6.45, 7) is 3.23. The highest BCUT2D eigenvalue weighted by Gasteiger charge is 2.15. The van der Waals surface area contributed by atoms with E-state index >= 15 is 0 Å². The molecule has 4 heterocycles. The number of rotatable bonds is 7. The van der Waals surface area contributed by atoms with Gasteiger partial charge in [0.05, 0.1) is 25.2 Å². The van der Waals surface area contributed by atoms with Crippen LogP contribution in [0.2, 0.25) is 0 Å². The molecule has 38 heavy (non-hydrogen) atoms. The van der Waals surface area contributed by atoms with Crippen molar-refractivity contribution < 1.29 is 9.53 Å². The Bertz CT molecular complexity index is 1530. The number of nitrogens with zero attached hydrogens (tertiary/aromatic N) is 6. The van der Waals surface area contributed by atoms with E-state index in [1.54, 1.807) is 12.3 Å². The van der Waals surface area contributed by atoms with Gasteiger partial charge in [-0.3, -0.25) is 9.36 Å². The second kappa shape index (κ2) is 10.7. The summed E-state index contributed by atoms with van der Waals surface area (Å²) in [6.07, 6.45) is 5.31. The van der Waals surface area contributed by atoms with E-state index in [0.717, 1.165) is 54.1 Å². The number of para-hydroxylation sites is 1. The number of fused-ring (bicyclic) bond motifs is 1. The van der Waals surface area contributed by atoms with Gasteiger partial charge in [-0.05, 0) is 54.1 Å². The van der Waals surface area contributed by atoms with Crippen LogP contribution in [0.1, 0.15) is 5.56 Å². The fraction of sp³-hybridized carbons (Fsp3) is 0.179. The average molecular weight is 507 g/mol. The summed E-state index contributed by atoms with van der Waals surface area (Å²) in [7, 11) is 0. The summed E-state index contributed by atoms with van der Waals surface area (Å²) in [5.74, 6) is 1.78. The van der Waals surface area contributed by atoms with Gasteiger partial charge in [0.2, 0.25) is 5.91 Å². The van der Waals surface area contributed by atoms with E-state index in [2.05, 4.69) is 35.7 Å². The topological polar surface area (TPSA) is 110 Å². The Balaban J connectivity index is 1.17. The van der Waals surface area contributed by atoms with Gasteiger partial charge in [-0.2, -0.15) is 0 Å². The number of aromatic nitrogens is 5. The SMILES string of the molecule is O=C(Cc1cn(-c2ccc(Nc3ccncn3)nn2)c2ccccc12)Nc1ccc(N2CCOCC2)cc1. The summed E-state index contributed by atoms with van der Waals surface area (Å²) in [5.41, 5.74) is 3.77. The van der Waals surface area contributed by atoms with Crippen LogP contribution in [0.15, 0.2) is 85.5 Å². The molecule has 0 atom stereocenters. The van der Waals surface area contributed by atoms with E-state index < -0.39 is 0 Å². The second-order valence-electron chi connectivity index (χ2n) is 8.91. The minimum atomic E-state index is -0.0810. The maximum Gasteiger partial charge on any atom is 0.228 e. The molecule has 3 aromatic heterocycles. The molecule has 0 bridgehead atoms. The maximum atomic E-state index is 13.0. The Hall–Kier alpha value is -4.83. The van der Waals surface area contributed by atoms with Crippen LogP contribution >= 0.6 is 0 Å². The van der Waals surface area contributed by atoms with Gasteiger partial charge in [0.15, 0.2) is 11.6 Å². The lowest BCUT2D eigenvalue weighted by molar-refractivity contribution is -0.115. The molecule has 0 unspecified atom stereocenters. The Kier molecular flexibility index (Phi) is 6.60. The molecule has 1 fully saturated rings. The molecule has 6 rings (SSSR count). The number of carbonyl (C=O) groups excluding carboxylic acids is 1. The molecule has 5 aromatic rings. The number of anilines is 4. The smallest absolute Gasteiger partial charge is 0.228 e. The van der Waals surface area contributed by atoms with E-state index in [9.17, 15) is 4.79 Å². The molecule has 1 amide bonds. The van der Waals surface area contributed by atoms with Gasteiger partial charge < -0.3 is 20.3 Å².